The van der Waals surface area contributed by atoms with E-state index in [1.165, 1.54) is 0 Å². The van der Waals surface area contributed by atoms with Gasteiger partial charge in [-0.2, -0.15) is 0 Å². The highest BCUT2D eigenvalue weighted by molar-refractivity contribution is 5.67. The van der Waals surface area contributed by atoms with Gasteiger partial charge in [-0.05, 0) is 19.8 Å². The van der Waals surface area contributed by atoms with E-state index in [2.05, 4.69) is 9.88 Å². The molecule has 1 N–H and O–H groups in total. The molecule has 0 radical (unpaired) electrons. The van der Waals surface area contributed by atoms with E-state index in [0.717, 1.165) is 30.4 Å². The summed E-state index contributed by atoms with van der Waals surface area (Å²) < 4.78 is 5.47. The molecule has 2 heterocycles. The molecule has 2 rings (SSSR count). The van der Waals surface area contributed by atoms with E-state index in [4.69, 9.17) is 9.52 Å². The number of hydrogen-bond donors (Lipinski definition) is 1. The molecule has 1 aliphatic heterocycles. The number of carbonyl (C=O) groups is 1. The van der Waals surface area contributed by atoms with Gasteiger partial charge in [0, 0.05) is 13.1 Å². The number of aromatic nitrogens is 1. The number of rotatable bonds is 4. The minimum Gasteiger partial charge on any atom is -0.481 e. The molecule has 88 valence electrons. The van der Waals surface area contributed by atoms with Gasteiger partial charge in [0.25, 0.3) is 0 Å². The molecule has 0 saturated carbocycles. The van der Waals surface area contributed by atoms with Crippen LogP contribution in [0.4, 0.5) is 0 Å². The summed E-state index contributed by atoms with van der Waals surface area (Å²) in [5, 5.41) is 8.62. The van der Waals surface area contributed by atoms with Crippen LogP contribution in [0.15, 0.2) is 4.42 Å². The Morgan fingerprint density at radius 3 is 2.75 bits per heavy atom. The van der Waals surface area contributed by atoms with Crippen LogP contribution in [0.3, 0.4) is 0 Å². The normalized spacial score (nSPS) is 17.4. The summed E-state index contributed by atoms with van der Waals surface area (Å²) in [5.74, 6) is 1.16. The third kappa shape index (κ3) is 2.41. The Morgan fingerprint density at radius 1 is 1.56 bits per heavy atom. The van der Waals surface area contributed by atoms with Crippen LogP contribution in [-0.2, 0) is 11.3 Å². The standard InChI is InChI=1S/C11H16N2O3/c1-7-8(2)16-10(12-7)6-13-4-9(5-13)3-11(14)15/h9H,3-6H2,1-2H3,(H,14,15). The fourth-order valence-corrected chi connectivity index (χ4v) is 1.98. The van der Waals surface area contributed by atoms with Crippen LogP contribution in [0.1, 0.15) is 23.8 Å². The van der Waals surface area contributed by atoms with Gasteiger partial charge in [-0.25, -0.2) is 4.98 Å². The lowest BCUT2D eigenvalue weighted by atomic mass is 9.97. The Balaban J connectivity index is 1.79. The van der Waals surface area contributed by atoms with Gasteiger partial charge in [-0.1, -0.05) is 0 Å². The SMILES string of the molecule is Cc1nc(CN2CC(CC(=O)O)C2)oc1C. The Labute approximate surface area is 94.1 Å². The van der Waals surface area contributed by atoms with Crippen LogP contribution in [0.5, 0.6) is 0 Å². The van der Waals surface area contributed by atoms with Crippen molar-refractivity contribution < 1.29 is 14.3 Å². The Bertz CT molecular complexity index is 374. The number of aliphatic carboxylic acids is 1. The molecule has 0 aliphatic carbocycles. The van der Waals surface area contributed by atoms with Crippen LogP contribution >= 0.6 is 0 Å². The van der Waals surface area contributed by atoms with Crippen molar-refractivity contribution in [2.75, 3.05) is 13.1 Å². The van der Waals surface area contributed by atoms with E-state index < -0.39 is 5.97 Å². The summed E-state index contributed by atoms with van der Waals surface area (Å²) in [6, 6.07) is 0. The predicted molar refractivity (Wildman–Crippen MR) is 57.0 cm³/mol. The largest absolute Gasteiger partial charge is 0.481 e. The second-order valence-corrected chi connectivity index (χ2v) is 4.41. The third-order valence-electron chi connectivity index (χ3n) is 2.93. The van der Waals surface area contributed by atoms with Gasteiger partial charge in [0.15, 0.2) is 0 Å². The van der Waals surface area contributed by atoms with Crippen molar-refractivity contribution in [3.63, 3.8) is 0 Å². The lowest BCUT2D eigenvalue weighted by Crippen LogP contribution is -2.46. The highest BCUT2D eigenvalue weighted by atomic mass is 16.4. The van der Waals surface area contributed by atoms with E-state index in [9.17, 15) is 4.79 Å². The Kier molecular flexibility index (Phi) is 2.96. The summed E-state index contributed by atoms with van der Waals surface area (Å²) in [7, 11) is 0. The fourth-order valence-electron chi connectivity index (χ4n) is 1.98. The van der Waals surface area contributed by atoms with E-state index in [-0.39, 0.29) is 12.3 Å². The summed E-state index contributed by atoms with van der Waals surface area (Å²) in [5.41, 5.74) is 0.928. The molecule has 0 spiro atoms. The number of hydrogen-bond acceptors (Lipinski definition) is 4. The summed E-state index contributed by atoms with van der Waals surface area (Å²) >= 11 is 0. The number of oxazole rings is 1. The Hall–Kier alpha value is -1.36. The summed E-state index contributed by atoms with van der Waals surface area (Å²) in [4.78, 5) is 16.9. The first-order valence-electron chi connectivity index (χ1n) is 5.41. The van der Waals surface area contributed by atoms with Crippen LogP contribution < -0.4 is 0 Å². The quantitative estimate of drug-likeness (QED) is 0.832. The molecule has 1 saturated heterocycles. The van der Waals surface area contributed by atoms with Gasteiger partial charge in [0.05, 0.1) is 18.7 Å². The van der Waals surface area contributed by atoms with Gasteiger partial charge in [0.1, 0.15) is 5.76 Å². The first kappa shape index (κ1) is 11.1. The molecule has 0 aromatic carbocycles. The number of likely N-dealkylation sites (tertiary alicyclic amines) is 1. The first-order valence-corrected chi connectivity index (χ1v) is 5.41. The van der Waals surface area contributed by atoms with Crippen molar-refractivity contribution in [2.24, 2.45) is 5.92 Å². The van der Waals surface area contributed by atoms with E-state index >= 15 is 0 Å². The van der Waals surface area contributed by atoms with E-state index in [1.807, 2.05) is 13.8 Å². The molecule has 5 nitrogen and oxygen atoms in total. The first-order chi connectivity index (χ1) is 7.54. The predicted octanol–water partition coefficient (Wildman–Crippen LogP) is 1.20. The maximum absolute atomic E-state index is 10.5. The zero-order chi connectivity index (χ0) is 11.7. The average molecular weight is 224 g/mol. The third-order valence-corrected chi connectivity index (χ3v) is 2.93. The highest BCUT2D eigenvalue weighted by Crippen LogP contribution is 2.21. The Morgan fingerprint density at radius 2 is 2.25 bits per heavy atom. The minimum atomic E-state index is -0.715. The molecule has 1 aliphatic rings. The van der Waals surface area contributed by atoms with Gasteiger partial charge < -0.3 is 9.52 Å². The highest BCUT2D eigenvalue weighted by Gasteiger charge is 2.29. The van der Waals surface area contributed by atoms with Gasteiger partial charge >= 0.3 is 5.97 Å². The van der Waals surface area contributed by atoms with Gasteiger partial charge in [-0.15, -0.1) is 0 Å². The summed E-state index contributed by atoms with van der Waals surface area (Å²) in [6.45, 7) is 6.16. The molecular formula is C11H16N2O3. The molecule has 0 bridgehead atoms. The fraction of sp³-hybridized carbons (Fsp3) is 0.636. The van der Waals surface area contributed by atoms with E-state index in [0.29, 0.717) is 6.54 Å². The topological polar surface area (TPSA) is 66.6 Å². The molecule has 1 aromatic rings. The average Bonchev–Trinajstić information content (AvgIpc) is 2.42. The molecule has 0 amide bonds. The molecular weight excluding hydrogens is 208 g/mol. The van der Waals surface area contributed by atoms with E-state index in [1.54, 1.807) is 0 Å². The van der Waals surface area contributed by atoms with Crippen molar-refractivity contribution in [2.45, 2.75) is 26.8 Å². The maximum atomic E-state index is 10.5. The van der Waals surface area contributed by atoms with Gasteiger partial charge in [-0.3, -0.25) is 9.69 Å². The van der Waals surface area contributed by atoms with Crippen molar-refractivity contribution in [1.82, 2.24) is 9.88 Å². The minimum absolute atomic E-state index is 0.264. The van der Waals surface area contributed by atoms with Crippen LogP contribution in [0.2, 0.25) is 0 Å². The van der Waals surface area contributed by atoms with Crippen molar-refractivity contribution in [1.29, 1.82) is 0 Å². The number of carboxylic acid groups (broad SMARTS) is 1. The zero-order valence-corrected chi connectivity index (χ0v) is 9.56. The molecule has 1 fully saturated rings. The summed E-state index contributed by atoms with van der Waals surface area (Å²) in [6.07, 6.45) is 0.264. The molecule has 5 heteroatoms. The second-order valence-electron chi connectivity index (χ2n) is 4.41. The van der Waals surface area contributed by atoms with Crippen LogP contribution in [0, 0.1) is 19.8 Å². The van der Waals surface area contributed by atoms with Crippen LogP contribution in [0.25, 0.3) is 0 Å². The molecule has 16 heavy (non-hydrogen) atoms. The van der Waals surface area contributed by atoms with Crippen molar-refractivity contribution >= 4 is 5.97 Å². The monoisotopic (exact) mass is 224 g/mol. The lowest BCUT2D eigenvalue weighted by molar-refractivity contribution is -0.139. The van der Waals surface area contributed by atoms with Crippen molar-refractivity contribution in [3.05, 3.63) is 17.3 Å². The molecule has 1 aromatic heterocycles. The molecule has 0 atom stereocenters. The number of carboxylic acids is 1. The molecule has 0 unspecified atom stereocenters. The zero-order valence-electron chi connectivity index (χ0n) is 9.56. The maximum Gasteiger partial charge on any atom is 0.303 e. The van der Waals surface area contributed by atoms with Crippen LogP contribution in [-0.4, -0.2) is 34.0 Å². The number of aryl methyl sites for hydroxylation is 2. The van der Waals surface area contributed by atoms with Gasteiger partial charge in [0.2, 0.25) is 5.89 Å². The number of nitrogens with zero attached hydrogens (tertiary/aromatic N) is 2. The van der Waals surface area contributed by atoms with Crippen molar-refractivity contribution in [3.8, 4) is 0 Å². The second kappa shape index (κ2) is 4.25. The lowest BCUT2D eigenvalue weighted by Gasteiger charge is -2.37. The smallest absolute Gasteiger partial charge is 0.303 e.